The van der Waals surface area contributed by atoms with Gasteiger partial charge in [0.05, 0.1) is 9.19 Å². The van der Waals surface area contributed by atoms with Crippen molar-refractivity contribution in [2.45, 2.75) is 119 Å². The van der Waals surface area contributed by atoms with Crippen molar-refractivity contribution < 1.29 is 10.2 Å². The molecule has 3 aromatic carbocycles. The van der Waals surface area contributed by atoms with Crippen LogP contribution in [0.2, 0.25) is 0 Å². The second-order valence-electron chi connectivity index (χ2n) is 11.6. The van der Waals surface area contributed by atoms with Gasteiger partial charge in [-0.3, -0.25) is 0 Å². The first kappa shape index (κ1) is 32.4. The van der Waals surface area contributed by atoms with Gasteiger partial charge in [0.1, 0.15) is 11.5 Å². The molecule has 0 amide bonds. The van der Waals surface area contributed by atoms with E-state index < -0.39 is 16.7 Å². The quantitative estimate of drug-likeness (QED) is 0.134. The van der Waals surface area contributed by atoms with Gasteiger partial charge in [0, 0.05) is 10.6 Å². The van der Waals surface area contributed by atoms with Gasteiger partial charge in [0.15, 0.2) is 0 Å². The van der Waals surface area contributed by atoms with Crippen LogP contribution in [0.3, 0.4) is 0 Å². The molecule has 0 aliphatic heterocycles. The van der Waals surface area contributed by atoms with E-state index in [0.29, 0.717) is 11.5 Å². The van der Waals surface area contributed by atoms with Gasteiger partial charge >= 0.3 is 0 Å². The minimum absolute atomic E-state index is 0.492. The van der Waals surface area contributed by atoms with Crippen molar-refractivity contribution in [3.05, 3.63) is 75.8 Å². The van der Waals surface area contributed by atoms with Crippen molar-refractivity contribution >= 4 is 32.5 Å². The molecule has 0 saturated heterocycles. The summed E-state index contributed by atoms with van der Waals surface area (Å²) in [5.74, 6) is 0.983. The van der Waals surface area contributed by atoms with Gasteiger partial charge in [-0.05, 0) is 111 Å². The maximum Gasteiger partial charge on any atom is 0.126 e. The number of benzene rings is 3. The van der Waals surface area contributed by atoms with Crippen molar-refractivity contribution in [2.75, 3.05) is 0 Å². The number of aromatic hydroxyl groups is 2. The predicted molar refractivity (Wildman–Crippen MR) is 181 cm³/mol. The van der Waals surface area contributed by atoms with E-state index in [1.54, 1.807) is 0 Å². The Kier molecular flexibility index (Phi) is 13.3. The molecule has 2 N–H and O–H groups in total. The van der Waals surface area contributed by atoms with Crippen LogP contribution >= 0.6 is 7.47 Å². The summed E-state index contributed by atoms with van der Waals surface area (Å²) in [7, 11) is -1.77. The highest BCUT2D eigenvalue weighted by Crippen LogP contribution is 2.42. The largest absolute Gasteiger partial charge is 0.507 e. The van der Waals surface area contributed by atoms with Crippen LogP contribution in [0.15, 0.2) is 42.5 Å². The molecule has 40 heavy (non-hydrogen) atoms. The lowest BCUT2D eigenvalue weighted by atomic mass is 10.0. The molecule has 3 rings (SSSR count). The third kappa shape index (κ3) is 8.46. The molecular weight excluding hydrogens is 523 g/mol. The smallest absolute Gasteiger partial charge is 0.126 e. The second-order valence-corrected chi connectivity index (χ2v) is 17.3. The molecule has 0 saturated carbocycles. The zero-order valence-electron chi connectivity index (χ0n) is 26.1. The molecule has 2 nitrogen and oxygen atoms in total. The summed E-state index contributed by atoms with van der Waals surface area (Å²) in [6.07, 6.45) is 12.9. The molecule has 218 valence electrons. The molecule has 0 aliphatic rings. The van der Waals surface area contributed by atoms with Gasteiger partial charge in [0.25, 0.3) is 0 Å². The lowest BCUT2D eigenvalue weighted by Gasteiger charge is -2.26. The van der Waals surface area contributed by atoms with Crippen molar-refractivity contribution in [1.82, 2.24) is 0 Å². The summed E-state index contributed by atoms with van der Waals surface area (Å²) in [6, 6.07) is 15.8. The molecule has 0 radical (unpaired) electrons. The standard InChI is InChI=1S/C36H53O2PSi/c1-7-11-17-28-22-30(19-13-9-3)35(37)32(24-28)39(40-34-21-15-16-26(5)27(34)6)33-25-29(18-12-8-2)23-31(36(33)38)20-14-10-4/h15-16,21-25,37-38H,7-14,17-20,40H2,1-6H3. The Morgan fingerprint density at radius 1 is 0.625 bits per heavy atom. The Balaban J connectivity index is 2.28. The van der Waals surface area contributed by atoms with E-state index in [-0.39, 0.29) is 0 Å². The highest BCUT2D eigenvalue weighted by atomic mass is 31.4. The molecule has 0 spiro atoms. The summed E-state index contributed by atoms with van der Waals surface area (Å²) >= 11 is 0. The molecular formula is C36H53O2PSi. The summed E-state index contributed by atoms with van der Waals surface area (Å²) in [5, 5.41) is 27.4. The van der Waals surface area contributed by atoms with E-state index in [1.165, 1.54) is 27.4 Å². The van der Waals surface area contributed by atoms with Gasteiger partial charge in [0.2, 0.25) is 0 Å². The van der Waals surface area contributed by atoms with E-state index in [1.807, 2.05) is 0 Å². The first-order chi connectivity index (χ1) is 19.3. The fraction of sp³-hybridized carbons (Fsp3) is 0.500. The first-order valence-corrected chi connectivity index (χ1v) is 20.0. The van der Waals surface area contributed by atoms with Crippen molar-refractivity contribution in [2.24, 2.45) is 0 Å². The first-order valence-electron chi connectivity index (χ1n) is 15.9. The number of unbranched alkanes of at least 4 members (excludes halogenated alkanes) is 4. The Labute approximate surface area is 248 Å². The average molecular weight is 577 g/mol. The number of hydrogen-bond donors (Lipinski definition) is 2. The maximum absolute atomic E-state index is 11.9. The van der Waals surface area contributed by atoms with Crippen LogP contribution < -0.4 is 15.8 Å². The van der Waals surface area contributed by atoms with E-state index in [9.17, 15) is 10.2 Å². The van der Waals surface area contributed by atoms with Gasteiger partial charge in [-0.15, -0.1) is 0 Å². The van der Waals surface area contributed by atoms with Gasteiger partial charge in [-0.1, -0.05) is 96.4 Å². The number of rotatable bonds is 16. The molecule has 0 aromatic heterocycles. The second kappa shape index (κ2) is 16.4. The maximum atomic E-state index is 11.9. The van der Waals surface area contributed by atoms with E-state index in [4.69, 9.17) is 0 Å². The predicted octanol–water partition coefficient (Wildman–Crippen LogP) is 7.93. The summed E-state index contributed by atoms with van der Waals surface area (Å²) in [5.41, 5.74) is 7.59. The molecule has 0 bridgehead atoms. The Hall–Kier alpha value is -2.09. The highest BCUT2D eigenvalue weighted by Gasteiger charge is 2.26. The van der Waals surface area contributed by atoms with E-state index >= 15 is 0 Å². The number of phenolic OH excluding ortho intramolecular Hbond substituents is 2. The molecule has 4 heteroatoms. The van der Waals surface area contributed by atoms with Crippen molar-refractivity contribution in [1.29, 1.82) is 0 Å². The van der Waals surface area contributed by atoms with E-state index in [0.717, 1.165) is 98.8 Å². The molecule has 3 aromatic rings. The molecule has 0 aliphatic carbocycles. The molecule has 0 unspecified atom stereocenters. The number of hydrogen-bond acceptors (Lipinski definition) is 2. The normalized spacial score (nSPS) is 11.8. The minimum atomic E-state index is -0.883. The lowest BCUT2D eigenvalue weighted by molar-refractivity contribution is 0.470. The van der Waals surface area contributed by atoms with Crippen LogP contribution in [0.5, 0.6) is 11.5 Å². The molecule has 0 heterocycles. The summed E-state index contributed by atoms with van der Waals surface area (Å²) in [6.45, 7) is 13.4. The van der Waals surface area contributed by atoms with Crippen LogP contribution in [0.1, 0.15) is 112 Å². The Morgan fingerprint density at radius 3 is 1.52 bits per heavy atom. The average Bonchev–Trinajstić information content (AvgIpc) is 2.95. The SMILES string of the molecule is CCCCc1cc(CCCC)c(O)c(P([SiH2]c2cccc(C)c2C)c2cc(CCCC)cc(CCCC)c2O)c1. The third-order valence-corrected chi connectivity index (χ3v) is 15.6. The molecule has 0 atom stereocenters. The summed E-state index contributed by atoms with van der Waals surface area (Å²) in [4.78, 5) is 0. The number of phenols is 2. The summed E-state index contributed by atoms with van der Waals surface area (Å²) < 4.78 is 0. The van der Waals surface area contributed by atoms with Gasteiger partial charge < -0.3 is 10.2 Å². The Bertz CT molecular complexity index is 1170. The van der Waals surface area contributed by atoms with Crippen LogP contribution in [0, 0.1) is 13.8 Å². The monoisotopic (exact) mass is 576 g/mol. The fourth-order valence-electron chi connectivity index (χ4n) is 5.52. The number of aryl methyl sites for hydroxylation is 5. The van der Waals surface area contributed by atoms with Crippen LogP contribution in [0.4, 0.5) is 0 Å². The lowest BCUT2D eigenvalue weighted by Crippen LogP contribution is -2.27. The topological polar surface area (TPSA) is 40.5 Å². The minimum Gasteiger partial charge on any atom is -0.507 e. The van der Waals surface area contributed by atoms with Gasteiger partial charge in [-0.25, -0.2) is 0 Å². The zero-order chi connectivity index (χ0) is 29.1. The highest BCUT2D eigenvalue weighted by molar-refractivity contribution is 7.99. The van der Waals surface area contributed by atoms with Crippen LogP contribution in [0.25, 0.3) is 0 Å². The fourth-order valence-corrected chi connectivity index (χ4v) is 13.2. The van der Waals surface area contributed by atoms with E-state index in [2.05, 4.69) is 84.0 Å². The molecule has 0 fully saturated rings. The van der Waals surface area contributed by atoms with Crippen molar-refractivity contribution in [3.63, 3.8) is 0 Å². The van der Waals surface area contributed by atoms with Gasteiger partial charge in [-0.2, -0.15) is 0 Å². The third-order valence-electron chi connectivity index (χ3n) is 8.32. The zero-order valence-corrected chi connectivity index (χ0v) is 28.4. The van der Waals surface area contributed by atoms with Crippen LogP contribution in [-0.2, 0) is 25.7 Å². The Morgan fingerprint density at radius 2 is 1.07 bits per heavy atom. The van der Waals surface area contributed by atoms with Crippen molar-refractivity contribution in [3.8, 4) is 11.5 Å². The van der Waals surface area contributed by atoms with Crippen LogP contribution in [-0.4, -0.2) is 19.4 Å².